The van der Waals surface area contributed by atoms with Crippen molar-refractivity contribution in [2.75, 3.05) is 6.54 Å². The Hall–Kier alpha value is -2.83. The van der Waals surface area contributed by atoms with Crippen LogP contribution in [0.2, 0.25) is 0 Å². The van der Waals surface area contributed by atoms with Gasteiger partial charge in [-0.3, -0.25) is 9.59 Å². The molecule has 2 fully saturated rings. The van der Waals surface area contributed by atoms with Crippen LogP contribution in [0, 0.1) is 11.7 Å². The summed E-state index contributed by atoms with van der Waals surface area (Å²) in [5.41, 5.74) is 0.249. The molecule has 6 nitrogen and oxygen atoms in total. The van der Waals surface area contributed by atoms with E-state index in [0.717, 1.165) is 25.7 Å². The van der Waals surface area contributed by atoms with Crippen LogP contribution in [0.5, 0.6) is 0 Å². The van der Waals surface area contributed by atoms with Crippen molar-refractivity contribution in [3.63, 3.8) is 0 Å². The number of hydrogen-bond acceptors (Lipinski definition) is 4. The molecule has 7 heteroatoms. The zero-order valence-corrected chi connectivity index (χ0v) is 15.6. The maximum absolute atomic E-state index is 14.6. The molecule has 1 heterocycles. The van der Waals surface area contributed by atoms with Gasteiger partial charge in [-0.1, -0.05) is 18.9 Å². The number of nitrogens with one attached hydrogen (secondary N) is 2. The van der Waals surface area contributed by atoms with E-state index in [-0.39, 0.29) is 11.5 Å². The highest BCUT2D eigenvalue weighted by Crippen LogP contribution is 2.32. The van der Waals surface area contributed by atoms with Gasteiger partial charge in [0.2, 0.25) is 5.91 Å². The highest BCUT2D eigenvalue weighted by molar-refractivity contribution is 6.00. The Labute approximate surface area is 163 Å². The van der Waals surface area contributed by atoms with Crippen LogP contribution in [0.1, 0.15) is 48.9 Å². The van der Waals surface area contributed by atoms with Gasteiger partial charge in [-0.2, -0.15) is 0 Å². The normalized spacial score (nSPS) is 17.9. The Morgan fingerprint density at radius 1 is 1.11 bits per heavy atom. The summed E-state index contributed by atoms with van der Waals surface area (Å²) in [6.07, 6.45) is 9.74. The number of rotatable bonds is 6. The van der Waals surface area contributed by atoms with Gasteiger partial charge < -0.3 is 10.6 Å². The van der Waals surface area contributed by atoms with E-state index in [1.54, 1.807) is 18.5 Å². The van der Waals surface area contributed by atoms with E-state index in [1.165, 1.54) is 18.5 Å². The van der Waals surface area contributed by atoms with Gasteiger partial charge in [-0.05, 0) is 49.3 Å². The van der Waals surface area contributed by atoms with Crippen LogP contribution >= 0.6 is 0 Å². The summed E-state index contributed by atoms with van der Waals surface area (Å²) in [5.74, 6) is -0.781. The first-order valence-electron chi connectivity index (χ1n) is 9.73. The fraction of sp³-hybridized carbons (Fsp3) is 0.429. The molecule has 0 aliphatic heterocycles. The van der Waals surface area contributed by atoms with E-state index in [2.05, 4.69) is 20.6 Å². The molecule has 2 amide bonds. The lowest BCUT2D eigenvalue weighted by atomic mass is 9.95. The number of amides is 2. The Morgan fingerprint density at radius 2 is 1.82 bits per heavy atom. The molecule has 2 saturated carbocycles. The third kappa shape index (κ3) is 3.88. The average Bonchev–Trinajstić information content (AvgIpc) is 3.43. The Bertz CT molecular complexity index is 877. The number of carbonyl (C=O) groups excluding carboxylic acids is 2. The lowest BCUT2D eigenvalue weighted by molar-refractivity contribution is -0.127. The van der Waals surface area contributed by atoms with Gasteiger partial charge in [0.15, 0.2) is 0 Å². The fourth-order valence-corrected chi connectivity index (χ4v) is 3.73. The largest absolute Gasteiger partial charge is 0.354 e. The summed E-state index contributed by atoms with van der Waals surface area (Å²) in [6.45, 7) is 0.651. The van der Waals surface area contributed by atoms with E-state index in [9.17, 15) is 14.0 Å². The molecule has 2 aliphatic carbocycles. The third-order valence-electron chi connectivity index (χ3n) is 5.60. The first kappa shape index (κ1) is 18.5. The minimum Gasteiger partial charge on any atom is -0.354 e. The molecule has 1 aromatic carbocycles. The summed E-state index contributed by atoms with van der Waals surface area (Å²) in [7, 11) is 0. The second-order valence-corrected chi connectivity index (χ2v) is 7.72. The monoisotopic (exact) mass is 382 g/mol. The first-order chi connectivity index (χ1) is 13.6. The molecule has 0 unspecified atom stereocenters. The molecule has 0 spiro atoms. The number of hydrogen-bond donors (Lipinski definition) is 2. The van der Waals surface area contributed by atoms with E-state index < -0.39 is 17.3 Å². The topological polar surface area (TPSA) is 84.0 Å². The molecular formula is C21H23FN4O2. The van der Waals surface area contributed by atoms with Gasteiger partial charge in [0, 0.05) is 24.5 Å². The second kappa shape index (κ2) is 7.66. The molecular weight excluding hydrogens is 359 g/mol. The Morgan fingerprint density at radius 3 is 2.46 bits per heavy atom. The SMILES string of the molecule is O=C(NC1(C(=O)NCC2CC2)CCCC1)c1ccc(-c2cncnc2)cc1F. The average molecular weight is 382 g/mol. The molecule has 2 aromatic rings. The summed E-state index contributed by atoms with van der Waals surface area (Å²) < 4.78 is 14.6. The van der Waals surface area contributed by atoms with Gasteiger partial charge in [0.05, 0.1) is 5.56 Å². The molecule has 0 bridgehead atoms. The molecule has 2 N–H and O–H groups in total. The maximum atomic E-state index is 14.6. The highest BCUT2D eigenvalue weighted by atomic mass is 19.1. The maximum Gasteiger partial charge on any atom is 0.255 e. The number of halogens is 1. The van der Waals surface area contributed by atoms with Crippen LogP contribution in [-0.4, -0.2) is 33.9 Å². The Kier molecular flexibility index (Phi) is 5.07. The van der Waals surface area contributed by atoms with E-state index in [1.807, 2.05) is 0 Å². The van der Waals surface area contributed by atoms with E-state index in [0.29, 0.717) is 36.4 Å². The van der Waals surface area contributed by atoms with Gasteiger partial charge in [0.25, 0.3) is 5.91 Å². The van der Waals surface area contributed by atoms with Crippen LogP contribution < -0.4 is 10.6 Å². The lowest BCUT2D eigenvalue weighted by Gasteiger charge is -2.29. The molecule has 2 aliphatic rings. The predicted octanol–water partition coefficient (Wildman–Crippen LogP) is 2.85. The summed E-state index contributed by atoms with van der Waals surface area (Å²) in [5, 5.41) is 5.81. The molecule has 4 rings (SSSR count). The number of nitrogens with zero attached hydrogens (tertiary/aromatic N) is 2. The summed E-state index contributed by atoms with van der Waals surface area (Å²) >= 11 is 0. The minimum absolute atomic E-state index is 0.0677. The van der Waals surface area contributed by atoms with Gasteiger partial charge >= 0.3 is 0 Å². The van der Waals surface area contributed by atoms with Crippen molar-refractivity contribution in [2.24, 2.45) is 5.92 Å². The van der Waals surface area contributed by atoms with Crippen LogP contribution in [0.25, 0.3) is 11.1 Å². The van der Waals surface area contributed by atoms with Crippen molar-refractivity contribution in [3.05, 3.63) is 48.3 Å². The molecule has 146 valence electrons. The van der Waals surface area contributed by atoms with Gasteiger partial charge in [-0.25, -0.2) is 14.4 Å². The number of carbonyl (C=O) groups is 2. The second-order valence-electron chi connectivity index (χ2n) is 7.72. The summed E-state index contributed by atoms with van der Waals surface area (Å²) in [4.78, 5) is 33.4. The van der Waals surface area contributed by atoms with E-state index in [4.69, 9.17) is 0 Å². The van der Waals surface area contributed by atoms with Crippen molar-refractivity contribution in [2.45, 2.75) is 44.1 Å². The highest BCUT2D eigenvalue weighted by Gasteiger charge is 2.43. The number of aromatic nitrogens is 2. The van der Waals surface area contributed by atoms with Crippen molar-refractivity contribution in [1.82, 2.24) is 20.6 Å². The van der Waals surface area contributed by atoms with Gasteiger partial charge in [-0.15, -0.1) is 0 Å². The summed E-state index contributed by atoms with van der Waals surface area (Å²) in [6, 6.07) is 4.39. The van der Waals surface area contributed by atoms with Crippen molar-refractivity contribution in [3.8, 4) is 11.1 Å². The van der Waals surface area contributed by atoms with Crippen LogP contribution in [0.4, 0.5) is 4.39 Å². The zero-order valence-electron chi connectivity index (χ0n) is 15.6. The lowest BCUT2D eigenvalue weighted by Crippen LogP contribution is -2.57. The fourth-order valence-electron chi connectivity index (χ4n) is 3.73. The van der Waals surface area contributed by atoms with Gasteiger partial charge in [0.1, 0.15) is 17.7 Å². The predicted molar refractivity (Wildman–Crippen MR) is 102 cm³/mol. The van der Waals surface area contributed by atoms with E-state index >= 15 is 0 Å². The Balaban J connectivity index is 1.50. The quantitative estimate of drug-likeness (QED) is 0.805. The van der Waals surface area contributed by atoms with Crippen LogP contribution in [0.3, 0.4) is 0 Å². The molecule has 28 heavy (non-hydrogen) atoms. The molecule has 0 atom stereocenters. The number of benzene rings is 1. The molecule has 0 saturated heterocycles. The standard InChI is InChI=1S/C21H23FN4O2/c22-18-9-15(16-11-23-13-24-12-16)5-6-17(18)19(27)26-21(7-1-2-8-21)20(28)25-10-14-3-4-14/h5-6,9,11-14H,1-4,7-8,10H2,(H,25,28)(H,26,27). The van der Waals surface area contributed by atoms with Crippen LogP contribution in [-0.2, 0) is 4.79 Å². The molecule has 1 aromatic heterocycles. The third-order valence-corrected chi connectivity index (χ3v) is 5.60. The van der Waals surface area contributed by atoms with Crippen molar-refractivity contribution >= 4 is 11.8 Å². The zero-order chi connectivity index (χ0) is 19.6. The smallest absolute Gasteiger partial charge is 0.255 e. The first-order valence-corrected chi connectivity index (χ1v) is 9.73. The molecule has 0 radical (unpaired) electrons. The minimum atomic E-state index is -0.940. The van der Waals surface area contributed by atoms with Crippen LogP contribution in [0.15, 0.2) is 36.9 Å². The van der Waals surface area contributed by atoms with Crippen molar-refractivity contribution in [1.29, 1.82) is 0 Å². The van der Waals surface area contributed by atoms with Crippen molar-refractivity contribution < 1.29 is 14.0 Å².